The fourth-order valence-corrected chi connectivity index (χ4v) is 2.34. The summed E-state index contributed by atoms with van der Waals surface area (Å²) in [5.74, 6) is 0.207. The average molecular weight is 278 g/mol. The molecular formula is C17H26O3. The first-order chi connectivity index (χ1) is 9.61. The first-order valence-corrected chi connectivity index (χ1v) is 7.07. The average Bonchev–Trinajstić information content (AvgIpc) is 2.43. The Bertz CT molecular complexity index is 393. The van der Waals surface area contributed by atoms with E-state index < -0.39 is 6.10 Å². The van der Waals surface area contributed by atoms with Gasteiger partial charge in [0.15, 0.2) is 0 Å². The molecule has 0 aromatic heterocycles. The molecule has 1 aliphatic rings. The van der Waals surface area contributed by atoms with Crippen molar-refractivity contribution in [2.75, 3.05) is 13.7 Å². The minimum Gasteiger partial charge on any atom is -0.387 e. The molecule has 0 aromatic rings. The summed E-state index contributed by atoms with van der Waals surface area (Å²) in [5.41, 5.74) is 1.00. The van der Waals surface area contributed by atoms with Crippen LogP contribution in [0.1, 0.15) is 20.8 Å². The van der Waals surface area contributed by atoms with Crippen LogP contribution in [-0.2, 0) is 9.47 Å². The zero-order chi connectivity index (χ0) is 15.0. The maximum atomic E-state index is 10.3. The van der Waals surface area contributed by atoms with Gasteiger partial charge in [0.05, 0.1) is 12.7 Å². The zero-order valence-electron chi connectivity index (χ0n) is 12.8. The lowest BCUT2D eigenvalue weighted by atomic mass is 9.90. The third-order valence-corrected chi connectivity index (χ3v) is 3.46. The lowest BCUT2D eigenvalue weighted by molar-refractivity contribution is -0.158. The molecule has 1 N–H and O–H groups in total. The summed E-state index contributed by atoms with van der Waals surface area (Å²) in [5, 5.41) is 10.3. The Morgan fingerprint density at radius 3 is 2.50 bits per heavy atom. The van der Waals surface area contributed by atoms with Crippen LogP contribution in [0.25, 0.3) is 0 Å². The van der Waals surface area contributed by atoms with Crippen LogP contribution in [0.3, 0.4) is 0 Å². The van der Waals surface area contributed by atoms with Crippen molar-refractivity contribution < 1.29 is 14.6 Å². The summed E-state index contributed by atoms with van der Waals surface area (Å²) in [6.07, 6.45) is 12.7. The van der Waals surface area contributed by atoms with Crippen LogP contribution in [0.4, 0.5) is 0 Å². The number of aliphatic hydroxyl groups is 1. The van der Waals surface area contributed by atoms with E-state index in [0.717, 1.165) is 5.57 Å². The summed E-state index contributed by atoms with van der Waals surface area (Å²) >= 11 is 0. The SMILES string of the molecule is C/C=C/C=C/C=C/C=C(\C)[C@@H]1OC[C@H](C)[C@@H](OC)[C@@H]1O. The van der Waals surface area contributed by atoms with Crippen molar-refractivity contribution in [1.29, 1.82) is 0 Å². The fourth-order valence-electron chi connectivity index (χ4n) is 2.34. The standard InChI is InChI=1S/C17H26O3/c1-5-6-7-8-9-10-11-13(2)17-15(18)16(19-4)14(3)12-20-17/h5-11,14-18H,12H2,1-4H3/b6-5+,8-7+,10-9+,13-11+/t14-,15-,16+,17-/m0/s1. The molecule has 4 atom stereocenters. The van der Waals surface area contributed by atoms with E-state index in [-0.39, 0.29) is 18.1 Å². The number of hydrogen-bond donors (Lipinski definition) is 1. The molecule has 0 aliphatic carbocycles. The fraction of sp³-hybridized carbons (Fsp3) is 0.529. The number of methoxy groups -OCH3 is 1. The molecule has 0 spiro atoms. The molecule has 0 unspecified atom stereocenters. The van der Waals surface area contributed by atoms with Crippen molar-refractivity contribution in [1.82, 2.24) is 0 Å². The van der Waals surface area contributed by atoms with E-state index in [0.29, 0.717) is 6.61 Å². The number of aliphatic hydroxyl groups excluding tert-OH is 1. The van der Waals surface area contributed by atoms with Gasteiger partial charge in [-0.15, -0.1) is 0 Å². The third kappa shape index (κ3) is 4.75. The second-order valence-corrected chi connectivity index (χ2v) is 5.13. The predicted octanol–water partition coefficient (Wildman–Crippen LogP) is 3.03. The van der Waals surface area contributed by atoms with Gasteiger partial charge in [0.1, 0.15) is 12.2 Å². The molecule has 1 rings (SSSR count). The predicted molar refractivity (Wildman–Crippen MR) is 82.6 cm³/mol. The van der Waals surface area contributed by atoms with Crippen LogP contribution in [0.15, 0.2) is 48.1 Å². The van der Waals surface area contributed by atoms with Crippen molar-refractivity contribution in [2.45, 2.75) is 39.1 Å². The molecule has 0 amide bonds. The lowest BCUT2D eigenvalue weighted by Gasteiger charge is -2.38. The van der Waals surface area contributed by atoms with E-state index in [1.165, 1.54) is 0 Å². The van der Waals surface area contributed by atoms with Gasteiger partial charge in [-0.25, -0.2) is 0 Å². The van der Waals surface area contributed by atoms with Gasteiger partial charge in [0.2, 0.25) is 0 Å². The highest BCUT2D eigenvalue weighted by atomic mass is 16.5. The number of hydrogen-bond acceptors (Lipinski definition) is 3. The van der Waals surface area contributed by atoms with Crippen molar-refractivity contribution in [3.63, 3.8) is 0 Å². The van der Waals surface area contributed by atoms with Gasteiger partial charge in [0.25, 0.3) is 0 Å². The maximum absolute atomic E-state index is 10.3. The summed E-state index contributed by atoms with van der Waals surface area (Å²) in [7, 11) is 1.64. The Kier molecular flexibility index (Phi) is 7.52. The van der Waals surface area contributed by atoms with E-state index >= 15 is 0 Å². The molecule has 0 bridgehead atoms. The highest BCUT2D eigenvalue weighted by Gasteiger charge is 2.37. The Labute approximate surface area is 122 Å². The van der Waals surface area contributed by atoms with Gasteiger partial charge in [-0.05, 0) is 19.4 Å². The molecule has 112 valence electrons. The highest BCUT2D eigenvalue weighted by Crippen LogP contribution is 2.26. The van der Waals surface area contributed by atoms with Crippen LogP contribution in [0.2, 0.25) is 0 Å². The smallest absolute Gasteiger partial charge is 0.110 e. The van der Waals surface area contributed by atoms with E-state index in [1.807, 2.05) is 63.3 Å². The molecule has 1 fully saturated rings. The Balaban J connectivity index is 2.64. The van der Waals surface area contributed by atoms with Gasteiger partial charge < -0.3 is 14.6 Å². The summed E-state index contributed by atoms with van der Waals surface area (Å²) < 4.78 is 11.1. The normalized spacial score (nSPS) is 32.8. The molecule has 0 saturated carbocycles. The largest absolute Gasteiger partial charge is 0.387 e. The second kappa shape index (κ2) is 8.90. The molecule has 3 nitrogen and oxygen atoms in total. The molecule has 1 heterocycles. The van der Waals surface area contributed by atoms with Crippen molar-refractivity contribution in [3.05, 3.63) is 48.1 Å². The van der Waals surface area contributed by atoms with Crippen LogP contribution in [0.5, 0.6) is 0 Å². The molecule has 3 heteroatoms. The van der Waals surface area contributed by atoms with Crippen molar-refractivity contribution >= 4 is 0 Å². The third-order valence-electron chi connectivity index (χ3n) is 3.46. The monoisotopic (exact) mass is 278 g/mol. The first kappa shape index (κ1) is 16.9. The molecule has 20 heavy (non-hydrogen) atoms. The first-order valence-electron chi connectivity index (χ1n) is 7.07. The van der Waals surface area contributed by atoms with Gasteiger partial charge in [-0.2, -0.15) is 0 Å². The van der Waals surface area contributed by atoms with E-state index in [9.17, 15) is 5.11 Å². The Morgan fingerprint density at radius 1 is 1.20 bits per heavy atom. The summed E-state index contributed by atoms with van der Waals surface area (Å²) in [6, 6.07) is 0. The highest BCUT2D eigenvalue weighted by molar-refractivity contribution is 5.21. The summed E-state index contributed by atoms with van der Waals surface area (Å²) in [6.45, 7) is 6.58. The minimum absolute atomic E-state index is 0.171. The van der Waals surface area contributed by atoms with Crippen molar-refractivity contribution in [2.24, 2.45) is 5.92 Å². The maximum Gasteiger partial charge on any atom is 0.110 e. The molecule has 1 saturated heterocycles. The van der Waals surface area contributed by atoms with Crippen LogP contribution >= 0.6 is 0 Å². The van der Waals surface area contributed by atoms with Gasteiger partial charge in [0, 0.05) is 13.0 Å². The number of rotatable bonds is 5. The molecule has 0 aromatic carbocycles. The topological polar surface area (TPSA) is 38.7 Å². The van der Waals surface area contributed by atoms with Gasteiger partial charge in [-0.1, -0.05) is 49.5 Å². The van der Waals surface area contributed by atoms with Gasteiger partial charge >= 0.3 is 0 Å². The van der Waals surface area contributed by atoms with Crippen LogP contribution in [-0.4, -0.2) is 37.1 Å². The Morgan fingerprint density at radius 2 is 1.85 bits per heavy atom. The van der Waals surface area contributed by atoms with Crippen molar-refractivity contribution in [3.8, 4) is 0 Å². The second-order valence-electron chi connectivity index (χ2n) is 5.13. The number of allylic oxidation sites excluding steroid dienone is 7. The lowest BCUT2D eigenvalue weighted by Crippen LogP contribution is -2.50. The zero-order valence-corrected chi connectivity index (χ0v) is 12.8. The van der Waals surface area contributed by atoms with E-state index in [2.05, 4.69) is 0 Å². The Hall–Kier alpha value is -1.16. The van der Waals surface area contributed by atoms with E-state index in [4.69, 9.17) is 9.47 Å². The quantitative estimate of drug-likeness (QED) is 0.786. The van der Waals surface area contributed by atoms with E-state index in [1.54, 1.807) is 7.11 Å². The number of ether oxygens (including phenoxy) is 2. The van der Waals surface area contributed by atoms with Crippen LogP contribution < -0.4 is 0 Å². The summed E-state index contributed by atoms with van der Waals surface area (Å²) in [4.78, 5) is 0. The minimum atomic E-state index is -0.619. The molecule has 1 aliphatic heterocycles. The molecule has 0 radical (unpaired) electrons. The van der Waals surface area contributed by atoms with Gasteiger partial charge in [-0.3, -0.25) is 0 Å². The van der Waals surface area contributed by atoms with Crippen LogP contribution in [0, 0.1) is 5.92 Å². The molecular weight excluding hydrogens is 252 g/mol.